The molecule has 3 aliphatic heterocycles. The zero-order chi connectivity index (χ0) is 22.3. The summed E-state index contributed by atoms with van der Waals surface area (Å²) < 4.78 is 20.6. The first-order valence-electron chi connectivity index (χ1n) is 11.1. The molecule has 3 amide bonds. The van der Waals surface area contributed by atoms with Crippen LogP contribution in [-0.4, -0.2) is 81.4 Å². The van der Waals surface area contributed by atoms with Crippen molar-refractivity contribution in [3.63, 3.8) is 0 Å². The van der Waals surface area contributed by atoms with Gasteiger partial charge in [0.2, 0.25) is 0 Å². The molecule has 0 bridgehead atoms. The van der Waals surface area contributed by atoms with Crippen LogP contribution < -0.4 is 0 Å². The first-order valence-corrected chi connectivity index (χ1v) is 11.1. The van der Waals surface area contributed by atoms with E-state index >= 15 is 0 Å². The fraction of sp³-hybridized carbons (Fsp3) is 0.545. The summed E-state index contributed by atoms with van der Waals surface area (Å²) in [7, 11) is 1.37. The zero-order valence-corrected chi connectivity index (χ0v) is 18.2. The highest BCUT2D eigenvalue weighted by atomic mass is 19.1. The number of benzene rings is 1. The number of carbonyl (C=O) groups excluding carboxylic acids is 2. The van der Waals surface area contributed by atoms with Crippen molar-refractivity contribution < 1.29 is 18.7 Å². The lowest BCUT2D eigenvalue weighted by Crippen LogP contribution is -2.58. The fourth-order valence-electron chi connectivity index (χ4n) is 5.22. The highest BCUT2D eigenvalue weighted by Crippen LogP contribution is 2.39. The molecule has 2 aromatic rings. The molecule has 0 aliphatic carbocycles. The highest BCUT2D eigenvalue weighted by molar-refractivity contribution is 5.75. The molecule has 0 radical (unpaired) electrons. The Bertz CT molecular complexity index is 1010. The van der Waals surface area contributed by atoms with Gasteiger partial charge in [0.1, 0.15) is 5.82 Å². The molecule has 0 saturated carbocycles. The number of aromatic nitrogens is 3. The Morgan fingerprint density at radius 1 is 0.969 bits per heavy atom. The Morgan fingerprint density at radius 2 is 1.62 bits per heavy atom. The molecule has 4 heterocycles. The second-order valence-electron chi connectivity index (χ2n) is 8.80. The Morgan fingerprint density at radius 3 is 2.28 bits per heavy atom. The molecular formula is C22H27FN6O3. The van der Waals surface area contributed by atoms with E-state index in [9.17, 15) is 14.0 Å². The number of fused-ring (bicyclic) bond motifs is 2. The average Bonchev–Trinajstić information content (AvgIpc) is 3.50. The van der Waals surface area contributed by atoms with E-state index < -0.39 is 11.6 Å². The molecule has 2 fully saturated rings. The van der Waals surface area contributed by atoms with Crippen molar-refractivity contribution in [1.82, 2.24) is 29.5 Å². The minimum Gasteiger partial charge on any atom is -0.453 e. The van der Waals surface area contributed by atoms with Gasteiger partial charge in [-0.15, -0.1) is 10.2 Å². The monoisotopic (exact) mass is 442 g/mol. The molecule has 0 unspecified atom stereocenters. The number of rotatable bonds is 1. The van der Waals surface area contributed by atoms with Crippen LogP contribution in [0.15, 0.2) is 24.3 Å². The number of piperidine rings is 1. The minimum atomic E-state index is -0.462. The van der Waals surface area contributed by atoms with Gasteiger partial charge in [-0.25, -0.2) is 14.0 Å². The summed E-state index contributed by atoms with van der Waals surface area (Å²) in [6.07, 6.45) is 3.04. The second kappa shape index (κ2) is 8.07. The minimum absolute atomic E-state index is 0.0979. The van der Waals surface area contributed by atoms with Crippen LogP contribution in [0.1, 0.15) is 31.5 Å². The first kappa shape index (κ1) is 20.7. The molecule has 1 aromatic heterocycles. The standard InChI is InChI=1S/C22H27FN6O3/c1-32-21(31)28-14-18-24-25-19(16-4-6-17(23)7-5-16)29(18)22(15-28)8-12-27(13-9-22)20(30)26-10-2-3-11-26/h4-7H,2-3,8-15H2,1H3. The third-order valence-electron chi connectivity index (χ3n) is 6.90. The van der Waals surface area contributed by atoms with Crippen molar-refractivity contribution in [2.45, 2.75) is 37.8 Å². The predicted octanol–water partition coefficient (Wildman–Crippen LogP) is 2.67. The van der Waals surface area contributed by atoms with E-state index in [1.807, 2.05) is 9.80 Å². The van der Waals surface area contributed by atoms with Gasteiger partial charge in [0.05, 0.1) is 19.2 Å². The summed E-state index contributed by atoms with van der Waals surface area (Å²) in [5, 5.41) is 8.78. The summed E-state index contributed by atoms with van der Waals surface area (Å²) in [5.41, 5.74) is 0.308. The van der Waals surface area contributed by atoms with Gasteiger partial charge in [-0.2, -0.15) is 0 Å². The lowest BCUT2D eigenvalue weighted by molar-refractivity contribution is 0.0397. The Hall–Kier alpha value is -3.17. The number of nitrogens with zero attached hydrogens (tertiary/aromatic N) is 6. The lowest BCUT2D eigenvalue weighted by atomic mass is 9.84. The number of ether oxygens (including phenoxy) is 1. The number of carbonyl (C=O) groups is 2. The normalized spacial score (nSPS) is 19.9. The fourth-order valence-corrected chi connectivity index (χ4v) is 5.22. The van der Waals surface area contributed by atoms with Crippen LogP contribution >= 0.6 is 0 Å². The van der Waals surface area contributed by atoms with Crippen molar-refractivity contribution in [3.05, 3.63) is 35.9 Å². The van der Waals surface area contributed by atoms with Crippen LogP contribution in [0, 0.1) is 5.82 Å². The van der Waals surface area contributed by atoms with Crippen LogP contribution in [0.4, 0.5) is 14.0 Å². The van der Waals surface area contributed by atoms with Crippen molar-refractivity contribution in [1.29, 1.82) is 0 Å². The molecule has 10 heteroatoms. The van der Waals surface area contributed by atoms with E-state index in [1.165, 1.54) is 19.2 Å². The van der Waals surface area contributed by atoms with Gasteiger partial charge in [-0.3, -0.25) is 4.90 Å². The smallest absolute Gasteiger partial charge is 0.409 e. The third-order valence-corrected chi connectivity index (χ3v) is 6.90. The SMILES string of the molecule is COC(=O)N1Cc2nnc(-c3ccc(F)cc3)n2C2(CCN(C(=O)N3CCCC3)CC2)C1. The quantitative estimate of drug-likeness (QED) is 0.678. The van der Waals surface area contributed by atoms with Crippen LogP contribution in [0.2, 0.25) is 0 Å². The van der Waals surface area contributed by atoms with Gasteiger partial charge in [0.25, 0.3) is 0 Å². The molecule has 5 rings (SSSR count). The Kier molecular flexibility index (Phi) is 5.22. The number of hydrogen-bond donors (Lipinski definition) is 0. The van der Waals surface area contributed by atoms with Crippen LogP contribution in [0.5, 0.6) is 0 Å². The van der Waals surface area contributed by atoms with E-state index in [0.717, 1.165) is 31.5 Å². The number of methoxy groups -OCH3 is 1. The molecule has 3 aliphatic rings. The Labute approximate surface area is 185 Å². The molecular weight excluding hydrogens is 415 g/mol. The van der Waals surface area contributed by atoms with Crippen molar-refractivity contribution >= 4 is 12.1 Å². The van der Waals surface area contributed by atoms with Gasteiger partial charge in [0, 0.05) is 38.3 Å². The third kappa shape index (κ3) is 3.47. The topological polar surface area (TPSA) is 83.8 Å². The number of urea groups is 1. The number of hydrogen-bond acceptors (Lipinski definition) is 5. The van der Waals surface area contributed by atoms with E-state index in [4.69, 9.17) is 4.74 Å². The first-order chi connectivity index (χ1) is 15.5. The van der Waals surface area contributed by atoms with E-state index in [2.05, 4.69) is 14.8 Å². The molecule has 1 spiro atoms. The van der Waals surface area contributed by atoms with Gasteiger partial charge < -0.3 is 19.1 Å². The zero-order valence-electron chi connectivity index (χ0n) is 18.2. The predicted molar refractivity (Wildman–Crippen MR) is 113 cm³/mol. The lowest BCUT2D eigenvalue weighted by Gasteiger charge is -2.48. The summed E-state index contributed by atoms with van der Waals surface area (Å²) in [4.78, 5) is 30.8. The number of halogens is 1. The molecule has 170 valence electrons. The second-order valence-corrected chi connectivity index (χ2v) is 8.80. The Balaban J connectivity index is 1.47. The van der Waals surface area contributed by atoms with Crippen LogP contribution in [0.3, 0.4) is 0 Å². The van der Waals surface area contributed by atoms with Gasteiger partial charge in [-0.1, -0.05) is 0 Å². The van der Waals surface area contributed by atoms with Crippen molar-refractivity contribution in [2.24, 2.45) is 0 Å². The average molecular weight is 442 g/mol. The molecule has 2 saturated heterocycles. The highest BCUT2D eigenvalue weighted by Gasteiger charge is 2.46. The summed E-state index contributed by atoms with van der Waals surface area (Å²) in [6.45, 7) is 3.56. The maximum atomic E-state index is 13.5. The van der Waals surface area contributed by atoms with E-state index in [-0.39, 0.29) is 11.8 Å². The molecule has 0 N–H and O–H groups in total. The van der Waals surface area contributed by atoms with Gasteiger partial charge in [-0.05, 0) is 49.9 Å². The van der Waals surface area contributed by atoms with E-state index in [1.54, 1.807) is 17.0 Å². The van der Waals surface area contributed by atoms with Gasteiger partial charge in [0.15, 0.2) is 11.6 Å². The van der Waals surface area contributed by atoms with Crippen molar-refractivity contribution in [2.75, 3.05) is 39.8 Å². The summed E-state index contributed by atoms with van der Waals surface area (Å²) >= 11 is 0. The maximum absolute atomic E-state index is 13.5. The maximum Gasteiger partial charge on any atom is 0.409 e. The van der Waals surface area contributed by atoms with Crippen LogP contribution in [0.25, 0.3) is 11.4 Å². The van der Waals surface area contributed by atoms with Crippen LogP contribution in [-0.2, 0) is 16.8 Å². The van der Waals surface area contributed by atoms with E-state index in [0.29, 0.717) is 50.7 Å². The molecule has 32 heavy (non-hydrogen) atoms. The molecule has 9 nitrogen and oxygen atoms in total. The van der Waals surface area contributed by atoms with Crippen molar-refractivity contribution in [3.8, 4) is 11.4 Å². The number of likely N-dealkylation sites (tertiary alicyclic amines) is 2. The summed E-state index contributed by atoms with van der Waals surface area (Å²) in [6, 6.07) is 6.30. The molecule has 1 aromatic carbocycles. The number of amides is 3. The largest absolute Gasteiger partial charge is 0.453 e. The summed E-state index contributed by atoms with van der Waals surface area (Å²) in [5.74, 6) is 1.01. The van der Waals surface area contributed by atoms with Gasteiger partial charge >= 0.3 is 12.1 Å². The molecule has 0 atom stereocenters.